The lowest BCUT2D eigenvalue weighted by Crippen LogP contribution is -1.72. The zero-order valence-electron chi connectivity index (χ0n) is 5.90. The maximum Gasteiger partial charge on any atom is 0.0342 e. The lowest BCUT2D eigenvalue weighted by atomic mass is 10.3. The second-order valence-electron chi connectivity index (χ2n) is 1.96. The van der Waals surface area contributed by atoms with Crippen LogP contribution in [0, 0.1) is 0 Å². The minimum absolute atomic E-state index is 1.35. The van der Waals surface area contributed by atoms with Crippen molar-refractivity contribution < 1.29 is 5.21 Å². The molecule has 0 bridgehead atoms. The number of rotatable bonds is 0. The minimum atomic E-state index is 1.35. The highest BCUT2D eigenvalue weighted by Crippen LogP contribution is 2.18. The van der Waals surface area contributed by atoms with E-state index in [1.54, 1.807) is 11.3 Å². The van der Waals surface area contributed by atoms with Crippen LogP contribution in [-0.4, -0.2) is 5.21 Å². The summed E-state index contributed by atoms with van der Waals surface area (Å²) in [5.41, 5.74) is 0. The number of nitrogens with two attached hydrogens (primary N) is 1. The van der Waals surface area contributed by atoms with E-state index in [0.717, 1.165) is 0 Å². The first-order valence-electron chi connectivity index (χ1n) is 3.15. The molecule has 58 valence electrons. The summed E-state index contributed by atoms with van der Waals surface area (Å²) in [6.45, 7) is 0. The van der Waals surface area contributed by atoms with E-state index in [-0.39, 0.29) is 0 Å². The quantitative estimate of drug-likeness (QED) is 0.591. The largest absolute Gasteiger partial charge is 0.320 e. The molecule has 11 heavy (non-hydrogen) atoms. The summed E-state index contributed by atoms with van der Waals surface area (Å²) in [4.78, 5) is 0. The Morgan fingerprint density at radius 3 is 2.55 bits per heavy atom. The molecule has 0 saturated heterocycles. The highest BCUT2D eigenvalue weighted by atomic mass is 32.1. The molecule has 0 aliphatic heterocycles. The highest BCUT2D eigenvalue weighted by Gasteiger charge is 1.87. The van der Waals surface area contributed by atoms with Crippen LogP contribution in [0.5, 0.6) is 0 Å². The van der Waals surface area contributed by atoms with Gasteiger partial charge in [-0.05, 0) is 22.9 Å². The van der Waals surface area contributed by atoms with Gasteiger partial charge in [-0.3, -0.25) is 0 Å². The molecule has 0 spiro atoms. The van der Waals surface area contributed by atoms with Crippen LogP contribution in [0.3, 0.4) is 0 Å². The van der Waals surface area contributed by atoms with Gasteiger partial charge in [0.1, 0.15) is 0 Å². The monoisotopic (exact) mass is 167 g/mol. The third-order valence-corrected chi connectivity index (χ3v) is 2.26. The molecular weight excluding hydrogens is 158 g/mol. The zero-order chi connectivity index (χ0) is 8.10. The molecule has 1 heterocycles. The molecule has 1 aromatic carbocycles. The van der Waals surface area contributed by atoms with E-state index in [4.69, 9.17) is 5.21 Å². The Labute approximate surface area is 68.8 Å². The normalized spacial score (nSPS) is 8.91. The summed E-state index contributed by atoms with van der Waals surface area (Å²) in [5, 5.41) is 9.97. The fourth-order valence-electron chi connectivity index (χ4n) is 0.906. The van der Waals surface area contributed by atoms with E-state index < -0.39 is 0 Å². The lowest BCUT2D eigenvalue weighted by molar-refractivity contribution is 0.311. The lowest BCUT2D eigenvalue weighted by Gasteiger charge is -1.82. The van der Waals surface area contributed by atoms with Crippen molar-refractivity contribution in [3.8, 4) is 0 Å². The molecule has 1 aromatic heterocycles. The first kappa shape index (κ1) is 8.20. The standard InChI is InChI=1S/C8H6S.H3NO/c1-2-4-8-7(3-1)5-6-9-8;1-2/h1-6H;2H,1H2. The molecular formula is C8H9NOS. The predicted octanol–water partition coefficient (Wildman–Crippen LogP) is 2.24. The van der Waals surface area contributed by atoms with Gasteiger partial charge in [-0.25, -0.2) is 5.90 Å². The number of hydrogen-bond donors (Lipinski definition) is 2. The summed E-state index contributed by atoms with van der Waals surface area (Å²) >= 11 is 1.79. The molecule has 0 atom stereocenters. The Bertz CT molecular complexity index is 288. The molecule has 0 aliphatic rings. The van der Waals surface area contributed by atoms with Gasteiger partial charge in [-0.15, -0.1) is 11.3 Å². The Morgan fingerprint density at radius 1 is 1.09 bits per heavy atom. The van der Waals surface area contributed by atoms with Gasteiger partial charge in [0, 0.05) is 4.70 Å². The molecule has 0 saturated carbocycles. The smallest absolute Gasteiger partial charge is 0.0342 e. The van der Waals surface area contributed by atoms with Gasteiger partial charge in [-0.2, -0.15) is 0 Å². The minimum Gasteiger partial charge on any atom is -0.320 e. The molecule has 0 fully saturated rings. The van der Waals surface area contributed by atoms with E-state index in [0.29, 0.717) is 0 Å². The average molecular weight is 167 g/mol. The van der Waals surface area contributed by atoms with E-state index in [2.05, 4.69) is 41.6 Å². The van der Waals surface area contributed by atoms with Crippen LogP contribution in [-0.2, 0) is 0 Å². The van der Waals surface area contributed by atoms with Crippen molar-refractivity contribution in [2.75, 3.05) is 0 Å². The topological polar surface area (TPSA) is 46.2 Å². The number of thiophene rings is 1. The summed E-state index contributed by atoms with van der Waals surface area (Å²) in [5.74, 6) is 3.50. The Kier molecular flexibility index (Phi) is 3.04. The molecule has 0 radical (unpaired) electrons. The maximum atomic E-state index is 6.50. The summed E-state index contributed by atoms with van der Waals surface area (Å²) in [6.07, 6.45) is 0. The first-order chi connectivity index (χ1) is 5.47. The first-order valence-corrected chi connectivity index (χ1v) is 4.03. The van der Waals surface area contributed by atoms with Gasteiger partial charge >= 0.3 is 0 Å². The van der Waals surface area contributed by atoms with Gasteiger partial charge in [0.15, 0.2) is 0 Å². The van der Waals surface area contributed by atoms with Crippen molar-refractivity contribution in [2.45, 2.75) is 0 Å². The fourth-order valence-corrected chi connectivity index (χ4v) is 1.70. The highest BCUT2D eigenvalue weighted by molar-refractivity contribution is 7.17. The molecule has 2 rings (SSSR count). The van der Waals surface area contributed by atoms with Crippen LogP contribution in [0.2, 0.25) is 0 Å². The summed E-state index contributed by atoms with van der Waals surface area (Å²) < 4.78 is 1.37. The zero-order valence-corrected chi connectivity index (χ0v) is 6.71. The molecule has 0 amide bonds. The van der Waals surface area contributed by atoms with Crippen LogP contribution < -0.4 is 5.90 Å². The van der Waals surface area contributed by atoms with Gasteiger partial charge in [-0.1, -0.05) is 18.2 Å². The van der Waals surface area contributed by atoms with Gasteiger partial charge in [0.05, 0.1) is 0 Å². The van der Waals surface area contributed by atoms with Crippen molar-refractivity contribution in [3.05, 3.63) is 35.7 Å². The van der Waals surface area contributed by atoms with Crippen LogP contribution in [0.1, 0.15) is 0 Å². The molecule has 3 N–H and O–H groups in total. The predicted molar refractivity (Wildman–Crippen MR) is 47.8 cm³/mol. The van der Waals surface area contributed by atoms with Crippen LogP contribution in [0.15, 0.2) is 35.7 Å². The Hall–Kier alpha value is -0.900. The van der Waals surface area contributed by atoms with Gasteiger partial charge < -0.3 is 5.21 Å². The summed E-state index contributed by atoms with van der Waals surface area (Å²) in [7, 11) is 0. The second-order valence-corrected chi connectivity index (χ2v) is 2.91. The SMILES string of the molecule is NO.c1ccc2sccc2c1. The number of benzene rings is 1. The Balaban J connectivity index is 0.000000281. The van der Waals surface area contributed by atoms with Gasteiger partial charge in [0.2, 0.25) is 0 Å². The van der Waals surface area contributed by atoms with Crippen LogP contribution in [0.25, 0.3) is 10.1 Å². The van der Waals surface area contributed by atoms with Crippen molar-refractivity contribution in [1.29, 1.82) is 0 Å². The third-order valence-electron chi connectivity index (χ3n) is 1.36. The fraction of sp³-hybridized carbons (Fsp3) is 0. The molecule has 3 heteroatoms. The van der Waals surface area contributed by atoms with E-state index in [1.807, 2.05) is 0 Å². The van der Waals surface area contributed by atoms with Crippen LogP contribution >= 0.6 is 11.3 Å². The van der Waals surface area contributed by atoms with Crippen molar-refractivity contribution >= 4 is 21.4 Å². The van der Waals surface area contributed by atoms with Gasteiger partial charge in [0.25, 0.3) is 0 Å². The van der Waals surface area contributed by atoms with Crippen molar-refractivity contribution in [3.63, 3.8) is 0 Å². The maximum absolute atomic E-state index is 6.50. The molecule has 0 unspecified atom stereocenters. The number of fused-ring (bicyclic) bond motifs is 1. The Morgan fingerprint density at radius 2 is 1.82 bits per heavy atom. The number of hydrogen-bond acceptors (Lipinski definition) is 3. The van der Waals surface area contributed by atoms with E-state index in [9.17, 15) is 0 Å². The summed E-state index contributed by atoms with van der Waals surface area (Å²) in [6, 6.07) is 10.5. The van der Waals surface area contributed by atoms with E-state index in [1.165, 1.54) is 10.1 Å². The third kappa shape index (κ3) is 1.77. The second kappa shape index (κ2) is 4.08. The van der Waals surface area contributed by atoms with E-state index >= 15 is 0 Å². The molecule has 2 aromatic rings. The average Bonchev–Trinajstić information content (AvgIpc) is 2.55. The molecule has 2 nitrogen and oxygen atoms in total. The molecule has 0 aliphatic carbocycles. The van der Waals surface area contributed by atoms with Crippen LogP contribution in [0.4, 0.5) is 0 Å². The van der Waals surface area contributed by atoms with Crippen molar-refractivity contribution in [2.24, 2.45) is 5.90 Å². The van der Waals surface area contributed by atoms with Crippen molar-refractivity contribution in [1.82, 2.24) is 0 Å².